The molecule has 0 aromatic rings. The Hall–Kier alpha value is -0.910. The van der Waals surface area contributed by atoms with E-state index in [1.54, 1.807) is 0 Å². The van der Waals surface area contributed by atoms with Crippen LogP contribution in [0, 0.1) is 5.92 Å². The van der Waals surface area contributed by atoms with Crippen molar-refractivity contribution in [1.29, 1.82) is 0 Å². The number of rotatable bonds is 6. The Morgan fingerprint density at radius 1 is 1.53 bits per heavy atom. The van der Waals surface area contributed by atoms with Crippen molar-refractivity contribution < 1.29 is 14.7 Å². The Labute approximate surface area is 119 Å². The Morgan fingerprint density at radius 3 is 2.89 bits per heavy atom. The molecule has 6 heteroatoms. The SMILES string of the molecule is CCC1CN(C(=O)NCC(C)CCC(=O)O)CCS1. The molecule has 2 amide bonds. The highest BCUT2D eigenvalue weighted by molar-refractivity contribution is 8.00. The van der Waals surface area contributed by atoms with Gasteiger partial charge in [0.25, 0.3) is 0 Å². The summed E-state index contributed by atoms with van der Waals surface area (Å²) in [5, 5.41) is 12.1. The van der Waals surface area contributed by atoms with Crippen molar-refractivity contribution in [3.05, 3.63) is 0 Å². The van der Waals surface area contributed by atoms with Gasteiger partial charge in [-0.25, -0.2) is 4.79 Å². The summed E-state index contributed by atoms with van der Waals surface area (Å²) < 4.78 is 0. The van der Waals surface area contributed by atoms with E-state index in [9.17, 15) is 9.59 Å². The van der Waals surface area contributed by atoms with Crippen LogP contribution in [0.5, 0.6) is 0 Å². The lowest BCUT2D eigenvalue weighted by atomic mass is 10.1. The minimum Gasteiger partial charge on any atom is -0.481 e. The number of nitrogens with zero attached hydrogens (tertiary/aromatic N) is 1. The van der Waals surface area contributed by atoms with Crippen molar-refractivity contribution in [2.75, 3.05) is 25.4 Å². The third kappa shape index (κ3) is 6.18. The first-order valence-electron chi connectivity index (χ1n) is 6.89. The third-order valence-electron chi connectivity index (χ3n) is 3.33. The number of carboxylic acid groups (broad SMARTS) is 1. The van der Waals surface area contributed by atoms with Crippen LogP contribution < -0.4 is 5.32 Å². The average Bonchev–Trinajstić information content (AvgIpc) is 2.42. The number of urea groups is 1. The van der Waals surface area contributed by atoms with Crippen LogP contribution in [-0.2, 0) is 4.79 Å². The van der Waals surface area contributed by atoms with Gasteiger partial charge in [0.1, 0.15) is 0 Å². The molecule has 110 valence electrons. The zero-order chi connectivity index (χ0) is 14.3. The van der Waals surface area contributed by atoms with E-state index in [0.717, 1.165) is 25.3 Å². The van der Waals surface area contributed by atoms with Gasteiger partial charge in [-0.05, 0) is 18.8 Å². The molecular formula is C13H24N2O3S. The Morgan fingerprint density at radius 2 is 2.26 bits per heavy atom. The Bertz CT molecular complexity index is 312. The summed E-state index contributed by atoms with van der Waals surface area (Å²) in [6.07, 6.45) is 1.85. The second-order valence-electron chi connectivity index (χ2n) is 5.07. The molecule has 19 heavy (non-hydrogen) atoms. The smallest absolute Gasteiger partial charge is 0.317 e. The normalized spacial score (nSPS) is 20.9. The first-order valence-corrected chi connectivity index (χ1v) is 7.94. The molecule has 2 atom stereocenters. The molecule has 1 aliphatic heterocycles. The lowest BCUT2D eigenvalue weighted by Crippen LogP contribution is -2.47. The van der Waals surface area contributed by atoms with Crippen LogP contribution in [0.2, 0.25) is 0 Å². The molecule has 0 aliphatic carbocycles. The van der Waals surface area contributed by atoms with E-state index < -0.39 is 5.97 Å². The number of carboxylic acids is 1. The summed E-state index contributed by atoms with van der Waals surface area (Å²) >= 11 is 1.93. The van der Waals surface area contributed by atoms with E-state index in [1.165, 1.54) is 0 Å². The summed E-state index contributed by atoms with van der Waals surface area (Å²) in [4.78, 5) is 24.3. The summed E-state index contributed by atoms with van der Waals surface area (Å²) in [6, 6.07) is -0.0130. The monoisotopic (exact) mass is 288 g/mol. The molecule has 0 bridgehead atoms. The third-order valence-corrected chi connectivity index (χ3v) is 4.71. The quantitative estimate of drug-likeness (QED) is 0.784. The molecule has 0 aromatic carbocycles. The second kappa shape index (κ2) is 8.30. The van der Waals surface area contributed by atoms with Gasteiger partial charge in [0, 0.05) is 37.1 Å². The lowest BCUT2D eigenvalue weighted by molar-refractivity contribution is -0.137. The molecule has 1 aliphatic rings. The molecule has 0 aromatic heterocycles. The number of hydrogen-bond donors (Lipinski definition) is 2. The molecule has 5 nitrogen and oxygen atoms in total. The van der Waals surface area contributed by atoms with Crippen LogP contribution in [0.4, 0.5) is 4.79 Å². The maximum absolute atomic E-state index is 12.0. The van der Waals surface area contributed by atoms with Gasteiger partial charge in [0.05, 0.1) is 0 Å². The van der Waals surface area contributed by atoms with Crippen LogP contribution in [-0.4, -0.2) is 52.6 Å². The summed E-state index contributed by atoms with van der Waals surface area (Å²) in [7, 11) is 0. The van der Waals surface area contributed by atoms with E-state index in [-0.39, 0.29) is 18.4 Å². The van der Waals surface area contributed by atoms with E-state index in [4.69, 9.17) is 5.11 Å². The van der Waals surface area contributed by atoms with E-state index in [1.807, 2.05) is 23.6 Å². The minimum absolute atomic E-state index is 0.0130. The van der Waals surface area contributed by atoms with Crippen LogP contribution >= 0.6 is 11.8 Å². The van der Waals surface area contributed by atoms with Gasteiger partial charge in [-0.1, -0.05) is 13.8 Å². The van der Waals surface area contributed by atoms with Crippen molar-refractivity contribution >= 4 is 23.8 Å². The summed E-state index contributed by atoms with van der Waals surface area (Å²) in [6.45, 7) is 6.27. The van der Waals surface area contributed by atoms with Crippen molar-refractivity contribution in [2.24, 2.45) is 5.92 Å². The van der Waals surface area contributed by atoms with Gasteiger partial charge in [-0.2, -0.15) is 11.8 Å². The highest BCUT2D eigenvalue weighted by Gasteiger charge is 2.22. The fraction of sp³-hybridized carbons (Fsp3) is 0.846. The zero-order valence-electron chi connectivity index (χ0n) is 11.7. The lowest BCUT2D eigenvalue weighted by Gasteiger charge is -2.32. The first kappa shape index (κ1) is 16.1. The van der Waals surface area contributed by atoms with Gasteiger partial charge in [-0.15, -0.1) is 0 Å². The van der Waals surface area contributed by atoms with Crippen LogP contribution in [0.15, 0.2) is 0 Å². The molecule has 2 N–H and O–H groups in total. The number of aliphatic carboxylic acids is 1. The molecule has 0 saturated carbocycles. The van der Waals surface area contributed by atoms with Crippen molar-refractivity contribution in [3.8, 4) is 0 Å². The van der Waals surface area contributed by atoms with E-state index in [2.05, 4.69) is 12.2 Å². The number of amides is 2. The molecule has 1 fully saturated rings. The highest BCUT2D eigenvalue weighted by Crippen LogP contribution is 2.20. The van der Waals surface area contributed by atoms with Crippen molar-refractivity contribution in [2.45, 2.75) is 38.4 Å². The standard InChI is InChI=1S/C13H24N2O3S/c1-3-11-9-15(6-7-19-11)13(18)14-8-10(2)4-5-12(16)17/h10-11H,3-9H2,1-2H3,(H,14,18)(H,16,17). The van der Waals surface area contributed by atoms with E-state index in [0.29, 0.717) is 18.2 Å². The number of carbonyl (C=O) groups excluding carboxylic acids is 1. The van der Waals surface area contributed by atoms with Crippen LogP contribution in [0.1, 0.15) is 33.1 Å². The number of nitrogens with one attached hydrogen (secondary N) is 1. The maximum atomic E-state index is 12.0. The van der Waals surface area contributed by atoms with Gasteiger partial charge in [-0.3, -0.25) is 4.79 Å². The first-order chi connectivity index (χ1) is 9.02. The Balaban J connectivity index is 2.24. The fourth-order valence-electron chi connectivity index (χ4n) is 2.00. The molecular weight excluding hydrogens is 264 g/mol. The van der Waals surface area contributed by atoms with Crippen molar-refractivity contribution in [3.63, 3.8) is 0 Å². The topological polar surface area (TPSA) is 69.6 Å². The summed E-state index contributed by atoms with van der Waals surface area (Å²) in [5.74, 6) is 0.415. The molecule has 2 unspecified atom stereocenters. The van der Waals surface area contributed by atoms with Crippen LogP contribution in [0.3, 0.4) is 0 Å². The van der Waals surface area contributed by atoms with E-state index >= 15 is 0 Å². The fourth-order valence-corrected chi connectivity index (χ4v) is 3.18. The molecule has 1 heterocycles. The largest absolute Gasteiger partial charge is 0.481 e. The van der Waals surface area contributed by atoms with Crippen molar-refractivity contribution in [1.82, 2.24) is 10.2 Å². The Kier molecular flexibility index (Phi) is 7.05. The predicted octanol–water partition coefficient (Wildman–Crippen LogP) is 2.02. The van der Waals surface area contributed by atoms with Gasteiger partial charge in [0.2, 0.25) is 0 Å². The highest BCUT2D eigenvalue weighted by atomic mass is 32.2. The van der Waals surface area contributed by atoms with Gasteiger partial charge in [0.15, 0.2) is 0 Å². The maximum Gasteiger partial charge on any atom is 0.317 e. The molecule has 1 rings (SSSR count). The van der Waals surface area contributed by atoms with Gasteiger partial charge < -0.3 is 15.3 Å². The molecule has 1 saturated heterocycles. The van der Waals surface area contributed by atoms with Gasteiger partial charge >= 0.3 is 12.0 Å². The number of thioether (sulfide) groups is 1. The average molecular weight is 288 g/mol. The predicted molar refractivity (Wildman–Crippen MR) is 77.5 cm³/mol. The van der Waals surface area contributed by atoms with Crippen LogP contribution in [0.25, 0.3) is 0 Å². The second-order valence-corrected chi connectivity index (χ2v) is 6.48. The molecule has 0 spiro atoms. The molecule has 0 radical (unpaired) electrons. The number of carbonyl (C=O) groups is 2. The number of hydrogen-bond acceptors (Lipinski definition) is 3. The minimum atomic E-state index is -0.781. The summed E-state index contributed by atoms with van der Waals surface area (Å²) in [5.41, 5.74) is 0. The zero-order valence-corrected chi connectivity index (χ0v) is 12.5.